The van der Waals surface area contributed by atoms with Crippen molar-refractivity contribution in [1.82, 2.24) is 9.97 Å². The van der Waals surface area contributed by atoms with Crippen molar-refractivity contribution in [3.05, 3.63) is 58.9 Å². The molecule has 0 bridgehead atoms. The Morgan fingerprint density at radius 3 is 2.90 bits per heavy atom. The monoisotopic (exact) mass is 411 g/mol. The van der Waals surface area contributed by atoms with E-state index in [9.17, 15) is 13.6 Å². The molecular formula is C23H23F2N3O2. The van der Waals surface area contributed by atoms with Crippen molar-refractivity contribution in [2.24, 2.45) is 0 Å². The van der Waals surface area contributed by atoms with Crippen LogP contribution in [0, 0.1) is 23.5 Å². The number of methoxy groups -OCH3 is 1. The lowest BCUT2D eigenvalue weighted by atomic mass is 10.0. The van der Waals surface area contributed by atoms with E-state index in [0.717, 1.165) is 25.3 Å². The van der Waals surface area contributed by atoms with E-state index in [1.807, 2.05) is 0 Å². The van der Waals surface area contributed by atoms with Gasteiger partial charge in [0.05, 0.1) is 11.3 Å². The Morgan fingerprint density at radius 2 is 2.13 bits per heavy atom. The van der Waals surface area contributed by atoms with Gasteiger partial charge in [-0.15, -0.1) is 0 Å². The number of carbonyl (C=O) groups is 1. The minimum absolute atomic E-state index is 0.111. The van der Waals surface area contributed by atoms with Crippen molar-refractivity contribution in [3.63, 3.8) is 0 Å². The molecule has 156 valence electrons. The minimum atomic E-state index is -0.907. The molecule has 1 aromatic carbocycles. The average Bonchev–Trinajstić information content (AvgIpc) is 3.16. The van der Waals surface area contributed by atoms with Crippen LogP contribution >= 0.6 is 0 Å². The molecule has 0 fully saturated rings. The average molecular weight is 411 g/mol. The predicted octanol–water partition coefficient (Wildman–Crippen LogP) is 4.67. The van der Waals surface area contributed by atoms with E-state index in [1.54, 1.807) is 12.3 Å². The zero-order chi connectivity index (χ0) is 21.5. The number of carbonyl (C=O) groups excluding carboxylic acids is 1. The van der Waals surface area contributed by atoms with Crippen LogP contribution < -0.4 is 5.32 Å². The Balaban J connectivity index is 1.95. The number of nitrogens with zero attached hydrogens (tertiary/aromatic N) is 1. The molecule has 0 amide bonds. The van der Waals surface area contributed by atoms with Crippen LogP contribution in [0.2, 0.25) is 0 Å². The van der Waals surface area contributed by atoms with Crippen LogP contribution in [0.15, 0.2) is 30.6 Å². The molecule has 0 atom stereocenters. The van der Waals surface area contributed by atoms with E-state index in [1.165, 1.54) is 19.4 Å². The van der Waals surface area contributed by atoms with Gasteiger partial charge in [-0.25, -0.2) is 13.8 Å². The molecule has 5 nitrogen and oxygen atoms in total. The normalized spacial score (nSPS) is 10.7. The molecule has 0 aliphatic carbocycles. The predicted molar refractivity (Wildman–Crippen MR) is 113 cm³/mol. The highest BCUT2D eigenvalue weighted by Gasteiger charge is 2.24. The summed E-state index contributed by atoms with van der Waals surface area (Å²) >= 11 is 0. The fourth-order valence-electron chi connectivity index (χ4n) is 3.10. The lowest BCUT2D eigenvalue weighted by molar-refractivity contribution is 0.103. The van der Waals surface area contributed by atoms with Gasteiger partial charge in [-0.05, 0) is 24.6 Å². The summed E-state index contributed by atoms with van der Waals surface area (Å²) in [6, 6.07) is 4.08. The third-order valence-corrected chi connectivity index (χ3v) is 4.64. The first-order valence-corrected chi connectivity index (χ1v) is 9.78. The highest BCUT2D eigenvalue weighted by atomic mass is 19.1. The number of rotatable bonds is 8. The van der Waals surface area contributed by atoms with Crippen LogP contribution in [0.1, 0.15) is 47.7 Å². The van der Waals surface area contributed by atoms with Gasteiger partial charge in [0.25, 0.3) is 0 Å². The summed E-state index contributed by atoms with van der Waals surface area (Å²) in [6.45, 7) is 2.87. The molecule has 3 rings (SSSR count). The van der Waals surface area contributed by atoms with Crippen molar-refractivity contribution < 1.29 is 18.3 Å². The van der Waals surface area contributed by atoms with E-state index in [-0.39, 0.29) is 17.9 Å². The Labute approximate surface area is 173 Å². The molecule has 3 aromatic rings. The number of aromatic nitrogens is 2. The summed E-state index contributed by atoms with van der Waals surface area (Å²) in [6.07, 6.45) is 5.85. The molecule has 30 heavy (non-hydrogen) atoms. The Morgan fingerprint density at radius 1 is 1.30 bits per heavy atom. The quantitative estimate of drug-likeness (QED) is 0.321. The zero-order valence-corrected chi connectivity index (χ0v) is 16.9. The molecule has 0 saturated carbocycles. The molecule has 7 heteroatoms. The first-order chi connectivity index (χ1) is 14.6. The second-order valence-electron chi connectivity index (χ2n) is 6.80. The summed E-state index contributed by atoms with van der Waals surface area (Å²) in [5.74, 6) is 3.13. The van der Waals surface area contributed by atoms with E-state index < -0.39 is 23.0 Å². The lowest BCUT2D eigenvalue weighted by Crippen LogP contribution is -2.11. The van der Waals surface area contributed by atoms with Crippen LogP contribution in [0.4, 0.5) is 14.5 Å². The minimum Gasteiger partial charge on any atom is -0.383 e. The second-order valence-corrected chi connectivity index (χ2v) is 6.80. The summed E-state index contributed by atoms with van der Waals surface area (Å²) in [4.78, 5) is 20.1. The van der Waals surface area contributed by atoms with Crippen LogP contribution in [0.5, 0.6) is 0 Å². The molecule has 2 aromatic heterocycles. The number of pyridine rings is 1. The van der Waals surface area contributed by atoms with Gasteiger partial charge in [0.1, 0.15) is 18.1 Å². The number of fused-ring (bicyclic) bond motifs is 1. The SMILES string of the molecule is CCCCCNc1ccc(F)c(C(=O)c2c[nH]c3ncc(C#CCOC)cc23)c1F. The fourth-order valence-corrected chi connectivity index (χ4v) is 3.10. The summed E-state index contributed by atoms with van der Waals surface area (Å²) in [5, 5.41) is 3.39. The maximum Gasteiger partial charge on any atom is 0.201 e. The van der Waals surface area contributed by atoms with Gasteiger partial charge in [0, 0.05) is 42.6 Å². The first kappa shape index (κ1) is 21.5. The van der Waals surface area contributed by atoms with Gasteiger partial charge in [0.2, 0.25) is 5.78 Å². The summed E-state index contributed by atoms with van der Waals surface area (Å²) in [5.41, 5.74) is 0.659. The summed E-state index contributed by atoms with van der Waals surface area (Å²) in [7, 11) is 1.54. The van der Waals surface area contributed by atoms with Gasteiger partial charge in [-0.3, -0.25) is 4.79 Å². The maximum atomic E-state index is 15.0. The Kier molecular flexibility index (Phi) is 7.15. The van der Waals surface area contributed by atoms with E-state index >= 15 is 0 Å². The molecule has 0 spiro atoms. The van der Waals surface area contributed by atoms with Crippen molar-refractivity contribution in [2.75, 3.05) is 25.6 Å². The Bertz CT molecular complexity index is 1110. The number of benzene rings is 1. The smallest absolute Gasteiger partial charge is 0.201 e. The van der Waals surface area contributed by atoms with Crippen LogP contribution in [0.25, 0.3) is 11.0 Å². The molecule has 0 aliphatic heterocycles. The number of anilines is 1. The molecule has 0 aliphatic rings. The number of H-pyrrole nitrogens is 1. The molecule has 0 unspecified atom stereocenters. The molecule has 2 heterocycles. The standard InChI is InChI=1S/C23H23F2N3O2/c1-3-4-5-10-26-19-9-8-18(24)20(21(19)25)22(29)17-14-28-23-16(17)12-15(13-27-23)7-6-11-30-2/h8-9,12-14,26H,3-5,10-11H2,1-2H3,(H,27,28). The number of hydrogen-bond acceptors (Lipinski definition) is 4. The highest BCUT2D eigenvalue weighted by Crippen LogP contribution is 2.27. The van der Waals surface area contributed by atoms with Crippen LogP contribution in [-0.2, 0) is 4.74 Å². The zero-order valence-electron chi connectivity index (χ0n) is 16.9. The van der Waals surface area contributed by atoms with Crippen molar-refractivity contribution >= 4 is 22.5 Å². The molecular weight excluding hydrogens is 388 g/mol. The van der Waals surface area contributed by atoms with E-state index in [2.05, 4.69) is 34.0 Å². The maximum absolute atomic E-state index is 15.0. The van der Waals surface area contributed by atoms with Crippen molar-refractivity contribution in [3.8, 4) is 11.8 Å². The first-order valence-electron chi connectivity index (χ1n) is 9.78. The molecule has 2 N–H and O–H groups in total. The Hall–Kier alpha value is -3.24. The van der Waals surface area contributed by atoms with Gasteiger partial charge >= 0.3 is 0 Å². The van der Waals surface area contributed by atoms with Gasteiger partial charge < -0.3 is 15.0 Å². The van der Waals surface area contributed by atoms with Gasteiger partial charge in [-0.2, -0.15) is 0 Å². The fraction of sp³-hybridized carbons (Fsp3) is 0.304. The number of hydrogen-bond donors (Lipinski definition) is 2. The summed E-state index contributed by atoms with van der Waals surface area (Å²) < 4.78 is 34.3. The highest BCUT2D eigenvalue weighted by molar-refractivity contribution is 6.16. The largest absolute Gasteiger partial charge is 0.383 e. The number of ketones is 1. The van der Waals surface area contributed by atoms with Crippen LogP contribution in [-0.4, -0.2) is 36.0 Å². The third-order valence-electron chi connectivity index (χ3n) is 4.64. The van der Waals surface area contributed by atoms with Crippen LogP contribution in [0.3, 0.4) is 0 Å². The molecule has 0 saturated heterocycles. The lowest BCUT2D eigenvalue weighted by Gasteiger charge is -2.11. The van der Waals surface area contributed by atoms with Crippen molar-refractivity contribution in [1.29, 1.82) is 0 Å². The second kappa shape index (κ2) is 9.99. The number of nitrogens with one attached hydrogen (secondary N) is 2. The topological polar surface area (TPSA) is 67.0 Å². The number of ether oxygens (including phenoxy) is 1. The van der Waals surface area contributed by atoms with Crippen molar-refractivity contribution in [2.45, 2.75) is 26.2 Å². The number of aromatic amines is 1. The van der Waals surface area contributed by atoms with Gasteiger partial charge in [-0.1, -0.05) is 31.6 Å². The molecule has 0 radical (unpaired) electrons. The van der Waals surface area contributed by atoms with E-state index in [0.29, 0.717) is 23.1 Å². The number of unbranched alkanes of at least 4 members (excludes halogenated alkanes) is 2. The van der Waals surface area contributed by atoms with Gasteiger partial charge in [0.15, 0.2) is 5.82 Å². The van der Waals surface area contributed by atoms with E-state index in [4.69, 9.17) is 4.74 Å². The number of halogens is 2. The third kappa shape index (κ3) is 4.66.